The second kappa shape index (κ2) is 5.84. The van der Waals surface area contributed by atoms with Gasteiger partial charge in [0.05, 0.1) is 10.3 Å². The van der Waals surface area contributed by atoms with Gasteiger partial charge in [-0.2, -0.15) is 0 Å². The van der Waals surface area contributed by atoms with E-state index in [1.165, 1.54) is 36.4 Å². The Labute approximate surface area is 130 Å². The summed E-state index contributed by atoms with van der Waals surface area (Å²) in [5.74, 6) is -0.841. The lowest BCUT2D eigenvalue weighted by Crippen LogP contribution is -2.12. The molecule has 0 aliphatic heterocycles. The van der Waals surface area contributed by atoms with Crippen LogP contribution < -0.4 is 5.32 Å². The highest BCUT2D eigenvalue weighted by Gasteiger charge is 2.15. The summed E-state index contributed by atoms with van der Waals surface area (Å²) in [5.41, 5.74) is 0.731. The van der Waals surface area contributed by atoms with E-state index in [0.717, 1.165) is 0 Å². The lowest BCUT2D eigenvalue weighted by atomic mass is 10.1. The van der Waals surface area contributed by atoms with Crippen LogP contribution in [0.4, 0.5) is 15.8 Å². The quantitative estimate of drug-likeness (QED) is 0.583. The third-order valence-electron chi connectivity index (χ3n) is 3.45. The number of nitrogens with zero attached hydrogens (tertiary/aromatic N) is 1. The molecule has 0 spiro atoms. The molecule has 0 saturated carbocycles. The van der Waals surface area contributed by atoms with Crippen LogP contribution in [0.15, 0.2) is 60.7 Å². The predicted octanol–water partition coefficient (Wildman–Crippen LogP) is 4.14. The number of hydrogen-bond donors (Lipinski definition) is 1. The number of amides is 1. The van der Waals surface area contributed by atoms with Crippen LogP contribution >= 0.6 is 0 Å². The molecule has 6 heteroatoms. The van der Waals surface area contributed by atoms with E-state index in [1.807, 2.05) is 0 Å². The third kappa shape index (κ3) is 2.87. The normalized spacial score (nSPS) is 10.5. The molecule has 0 heterocycles. The van der Waals surface area contributed by atoms with Crippen LogP contribution in [0.2, 0.25) is 0 Å². The number of hydrogen-bond acceptors (Lipinski definition) is 3. The lowest BCUT2D eigenvalue weighted by molar-refractivity contribution is -0.383. The maximum absolute atomic E-state index is 12.9. The summed E-state index contributed by atoms with van der Waals surface area (Å²) in [6, 6.07) is 14.7. The number of nitrogens with one attached hydrogen (secondary N) is 1. The molecular weight excluding hydrogens is 299 g/mol. The van der Waals surface area contributed by atoms with Crippen LogP contribution in [0.3, 0.4) is 0 Å². The second-order valence-electron chi connectivity index (χ2n) is 4.90. The summed E-state index contributed by atoms with van der Waals surface area (Å²) >= 11 is 0. The van der Waals surface area contributed by atoms with Crippen molar-refractivity contribution in [2.45, 2.75) is 0 Å². The van der Waals surface area contributed by atoms with Gasteiger partial charge in [0.2, 0.25) is 0 Å². The fourth-order valence-corrected chi connectivity index (χ4v) is 2.35. The van der Waals surface area contributed by atoms with Gasteiger partial charge in [0, 0.05) is 22.7 Å². The van der Waals surface area contributed by atoms with Crippen LogP contribution in [0.5, 0.6) is 0 Å². The fraction of sp³-hybridized carbons (Fsp3) is 0. The topological polar surface area (TPSA) is 72.2 Å². The molecule has 3 rings (SSSR count). The van der Waals surface area contributed by atoms with Crippen molar-refractivity contribution in [2.24, 2.45) is 0 Å². The summed E-state index contributed by atoms with van der Waals surface area (Å²) in [7, 11) is 0. The molecule has 0 fully saturated rings. The largest absolute Gasteiger partial charge is 0.321 e. The second-order valence-corrected chi connectivity index (χ2v) is 4.90. The first-order chi connectivity index (χ1) is 11.1. The SMILES string of the molecule is O=C(Nc1ccc([N+](=O)[O-])c2ccccc12)c1ccc(F)cc1. The number of halogens is 1. The minimum Gasteiger partial charge on any atom is -0.321 e. The van der Waals surface area contributed by atoms with Crippen molar-refractivity contribution in [3.63, 3.8) is 0 Å². The Morgan fingerprint density at radius 2 is 1.61 bits per heavy atom. The number of anilines is 1. The molecule has 3 aromatic carbocycles. The molecular formula is C17H11FN2O3. The van der Waals surface area contributed by atoms with E-state index >= 15 is 0 Å². The number of carbonyl (C=O) groups excluding carboxylic acids is 1. The minimum atomic E-state index is -0.464. The van der Waals surface area contributed by atoms with Crippen LogP contribution in [-0.2, 0) is 0 Å². The van der Waals surface area contributed by atoms with Crippen molar-refractivity contribution in [3.8, 4) is 0 Å². The number of non-ortho nitro benzene ring substituents is 1. The molecule has 1 N–H and O–H groups in total. The van der Waals surface area contributed by atoms with Crippen LogP contribution in [0.1, 0.15) is 10.4 Å². The first kappa shape index (κ1) is 14.6. The zero-order valence-electron chi connectivity index (χ0n) is 11.8. The van der Waals surface area contributed by atoms with Gasteiger partial charge in [-0.15, -0.1) is 0 Å². The van der Waals surface area contributed by atoms with Crippen molar-refractivity contribution in [2.75, 3.05) is 5.32 Å². The minimum absolute atomic E-state index is 0.0274. The molecule has 0 aromatic heterocycles. The van der Waals surface area contributed by atoms with Crippen molar-refractivity contribution < 1.29 is 14.1 Å². The van der Waals surface area contributed by atoms with Gasteiger partial charge in [-0.05, 0) is 36.4 Å². The molecule has 114 valence electrons. The van der Waals surface area contributed by atoms with Gasteiger partial charge in [-0.3, -0.25) is 14.9 Å². The fourth-order valence-electron chi connectivity index (χ4n) is 2.35. The highest BCUT2D eigenvalue weighted by Crippen LogP contribution is 2.31. The number of benzene rings is 3. The van der Waals surface area contributed by atoms with Crippen molar-refractivity contribution in [1.82, 2.24) is 0 Å². The molecule has 5 nitrogen and oxygen atoms in total. The van der Waals surface area contributed by atoms with Gasteiger partial charge in [-0.25, -0.2) is 4.39 Å². The Morgan fingerprint density at radius 1 is 0.957 bits per heavy atom. The van der Waals surface area contributed by atoms with Crippen molar-refractivity contribution in [3.05, 3.63) is 82.2 Å². The van der Waals surface area contributed by atoms with Crippen LogP contribution in [0, 0.1) is 15.9 Å². The van der Waals surface area contributed by atoms with Crippen LogP contribution in [0.25, 0.3) is 10.8 Å². The molecule has 3 aromatic rings. The maximum atomic E-state index is 12.9. The van der Waals surface area contributed by atoms with Gasteiger partial charge in [-0.1, -0.05) is 18.2 Å². The number of carbonyl (C=O) groups is 1. The Kier molecular flexibility index (Phi) is 3.72. The zero-order valence-corrected chi connectivity index (χ0v) is 11.8. The number of rotatable bonds is 3. The standard InChI is InChI=1S/C17H11FN2O3/c18-12-7-5-11(6-8-12)17(21)19-15-9-10-16(20(22)23)14-4-2-1-3-13(14)15/h1-10H,(H,19,21). The summed E-state index contributed by atoms with van der Waals surface area (Å²) in [6.45, 7) is 0. The summed E-state index contributed by atoms with van der Waals surface area (Å²) in [5, 5.41) is 14.8. The molecule has 0 bridgehead atoms. The van der Waals surface area contributed by atoms with E-state index < -0.39 is 16.6 Å². The summed E-state index contributed by atoms with van der Waals surface area (Å²) in [4.78, 5) is 22.8. The smallest absolute Gasteiger partial charge is 0.277 e. The van der Waals surface area contributed by atoms with E-state index in [0.29, 0.717) is 22.0 Å². The van der Waals surface area contributed by atoms with E-state index in [4.69, 9.17) is 0 Å². The lowest BCUT2D eigenvalue weighted by Gasteiger charge is -2.09. The van der Waals surface area contributed by atoms with E-state index in [1.54, 1.807) is 24.3 Å². The Balaban J connectivity index is 2.00. The number of nitro benzene ring substituents is 1. The van der Waals surface area contributed by atoms with Crippen LogP contribution in [-0.4, -0.2) is 10.8 Å². The summed E-state index contributed by atoms with van der Waals surface area (Å²) in [6.07, 6.45) is 0. The molecule has 23 heavy (non-hydrogen) atoms. The van der Waals surface area contributed by atoms with E-state index in [9.17, 15) is 19.3 Å². The molecule has 0 atom stereocenters. The molecule has 0 aliphatic carbocycles. The molecule has 0 saturated heterocycles. The first-order valence-corrected chi connectivity index (χ1v) is 6.79. The summed E-state index contributed by atoms with van der Waals surface area (Å²) < 4.78 is 12.9. The molecule has 0 unspecified atom stereocenters. The zero-order chi connectivity index (χ0) is 16.4. The Hall–Kier alpha value is -3.28. The molecule has 1 amide bonds. The highest BCUT2D eigenvalue weighted by atomic mass is 19.1. The monoisotopic (exact) mass is 310 g/mol. The van der Waals surface area contributed by atoms with E-state index in [2.05, 4.69) is 5.32 Å². The van der Waals surface area contributed by atoms with Gasteiger partial charge in [0.15, 0.2) is 0 Å². The first-order valence-electron chi connectivity index (χ1n) is 6.79. The van der Waals surface area contributed by atoms with Crippen molar-refractivity contribution >= 4 is 28.1 Å². The van der Waals surface area contributed by atoms with Gasteiger partial charge in [0.25, 0.3) is 11.6 Å². The maximum Gasteiger partial charge on any atom is 0.277 e. The Bertz CT molecular complexity index is 907. The van der Waals surface area contributed by atoms with Gasteiger partial charge < -0.3 is 5.32 Å². The highest BCUT2D eigenvalue weighted by molar-refractivity contribution is 6.10. The molecule has 0 radical (unpaired) electrons. The average Bonchev–Trinajstić information content (AvgIpc) is 2.55. The van der Waals surface area contributed by atoms with E-state index in [-0.39, 0.29) is 5.69 Å². The molecule has 0 aliphatic rings. The Morgan fingerprint density at radius 3 is 2.26 bits per heavy atom. The third-order valence-corrected chi connectivity index (χ3v) is 3.45. The predicted molar refractivity (Wildman–Crippen MR) is 85.0 cm³/mol. The van der Waals surface area contributed by atoms with Gasteiger partial charge >= 0.3 is 0 Å². The van der Waals surface area contributed by atoms with Gasteiger partial charge in [0.1, 0.15) is 5.82 Å². The van der Waals surface area contributed by atoms with Crippen molar-refractivity contribution in [1.29, 1.82) is 0 Å². The number of fused-ring (bicyclic) bond motifs is 1. The number of nitro groups is 1. The average molecular weight is 310 g/mol.